The average molecular weight is 313 g/mol. The lowest BCUT2D eigenvalue weighted by atomic mass is 9.88. The third-order valence-corrected chi connectivity index (χ3v) is 4.92. The molecule has 0 bridgehead atoms. The Hall–Kier alpha value is -2.04. The second kappa shape index (κ2) is 6.60. The zero-order chi connectivity index (χ0) is 16.4. The minimum absolute atomic E-state index is 0.333. The number of rotatable bonds is 4. The molecule has 23 heavy (non-hydrogen) atoms. The number of hydrogen-bond donors (Lipinski definition) is 2. The molecule has 0 amide bonds. The van der Waals surface area contributed by atoms with Crippen molar-refractivity contribution in [3.05, 3.63) is 29.4 Å². The zero-order valence-corrected chi connectivity index (χ0v) is 14.3. The highest BCUT2D eigenvalue weighted by molar-refractivity contribution is 5.53. The number of allylic oxidation sites excluding steroid dienone is 3. The van der Waals surface area contributed by atoms with Gasteiger partial charge < -0.3 is 16.0 Å². The second-order valence-corrected chi connectivity index (χ2v) is 6.76. The van der Waals surface area contributed by atoms with Crippen LogP contribution in [0.15, 0.2) is 29.4 Å². The summed E-state index contributed by atoms with van der Waals surface area (Å²) in [5, 5.41) is 3.06. The van der Waals surface area contributed by atoms with Crippen molar-refractivity contribution < 1.29 is 0 Å². The molecule has 1 aliphatic carbocycles. The van der Waals surface area contributed by atoms with Crippen LogP contribution in [0.1, 0.15) is 39.5 Å². The summed E-state index contributed by atoms with van der Waals surface area (Å²) in [5.74, 6) is 2.72. The molecule has 2 aliphatic rings. The van der Waals surface area contributed by atoms with Crippen LogP contribution in [0.5, 0.6) is 0 Å². The molecule has 5 heteroatoms. The first-order valence-corrected chi connectivity index (χ1v) is 8.52. The third kappa shape index (κ3) is 3.49. The maximum absolute atomic E-state index is 5.86. The summed E-state index contributed by atoms with van der Waals surface area (Å²) in [4.78, 5) is 11.0. The number of nitrogen functional groups attached to an aromatic ring is 1. The first-order valence-electron chi connectivity index (χ1n) is 8.52. The van der Waals surface area contributed by atoms with Gasteiger partial charge in [-0.25, -0.2) is 0 Å². The zero-order valence-electron chi connectivity index (χ0n) is 14.3. The van der Waals surface area contributed by atoms with Gasteiger partial charge in [0.15, 0.2) is 0 Å². The molecule has 1 aromatic heterocycles. The van der Waals surface area contributed by atoms with Crippen molar-refractivity contribution in [1.82, 2.24) is 9.97 Å². The average Bonchev–Trinajstić information content (AvgIpc) is 2.97. The molecule has 2 unspecified atom stereocenters. The van der Waals surface area contributed by atoms with Gasteiger partial charge in [-0.2, -0.15) is 9.97 Å². The van der Waals surface area contributed by atoms with Gasteiger partial charge in [0.2, 0.25) is 5.95 Å². The van der Waals surface area contributed by atoms with Crippen LogP contribution < -0.4 is 16.0 Å². The van der Waals surface area contributed by atoms with Gasteiger partial charge in [0, 0.05) is 25.7 Å². The van der Waals surface area contributed by atoms with E-state index in [-0.39, 0.29) is 0 Å². The van der Waals surface area contributed by atoms with Crippen LogP contribution in [0, 0.1) is 5.92 Å². The highest BCUT2D eigenvalue weighted by atomic mass is 15.3. The lowest BCUT2D eigenvalue weighted by molar-refractivity contribution is 0.635. The summed E-state index contributed by atoms with van der Waals surface area (Å²) in [6.45, 7) is 5.59. The Kier molecular flexibility index (Phi) is 4.55. The van der Waals surface area contributed by atoms with Crippen molar-refractivity contribution >= 4 is 17.6 Å². The van der Waals surface area contributed by atoms with Crippen LogP contribution in [-0.4, -0.2) is 29.6 Å². The van der Waals surface area contributed by atoms with Crippen LogP contribution >= 0.6 is 0 Å². The van der Waals surface area contributed by atoms with E-state index in [1.165, 1.54) is 30.4 Å². The number of anilines is 3. The Morgan fingerprint density at radius 3 is 2.96 bits per heavy atom. The lowest BCUT2D eigenvalue weighted by Crippen LogP contribution is -2.31. The Morgan fingerprint density at radius 1 is 1.39 bits per heavy atom. The lowest BCUT2D eigenvalue weighted by Gasteiger charge is -2.28. The van der Waals surface area contributed by atoms with Crippen molar-refractivity contribution in [3.63, 3.8) is 0 Å². The smallest absolute Gasteiger partial charge is 0.223 e. The number of nitrogens with one attached hydrogen (secondary N) is 1. The van der Waals surface area contributed by atoms with Gasteiger partial charge in [0.05, 0.1) is 0 Å². The van der Waals surface area contributed by atoms with Crippen LogP contribution in [0.2, 0.25) is 0 Å². The van der Waals surface area contributed by atoms with Crippen molar-refractivity contribution in [3.8, 4) is 0 Å². The quantitative estimate of drug-likeness (QED) is 0.892. The molecule has 1 aliphatic heterocycles. The van der Waals surface area contributed by atoms with Gasteiger partial charge in [-0.3, -0.25) is 0 Å². The van der Waals surface area contributed by atoms with Crippen LogP contribution in [0.4, 0.5) is 17.6 Å². The molecule has 124 valence electrons. The SMILES string of the molecule is CNc1cc(N2CCCC2CC2=C(C)CC(C)C=C2)nc(N)n1. The van der Waals surface area contributed by atoms with E-state index >= 15 is 0 Å². The van der Waals surface area contributed by atoms with Crippen LogP contribution in [0.25, 0.3) is 0 Å². The topological polar surface area (TPSA) is 67.1 Å². The maximum atomic E-state index is 5.86. The fourth-order valence-corrected chi connectivity index (χ4v) is 3.68. The fraction of sp³-hybridized carbons (Fsp3) is 0.556. The summed E-state index contributed by atoms with van der Waals surface area (Å²) in [6.07, 6.45) is 9.35. The Balaban J connectivity index is 1.80. The second-order valence-electron chi connectivity index (χ2n) is 6.76. The van der Waals surface area contributed by atoms with E-state index in [2.05, 4.69) is 46.2 Å². The third-order valence-electron chi connectivity index (χ3n) is 4.92. The van der Waals surface area contributed by atoms with Crippen molar-refractivity contribution in [2.24, 2.45) is 5.92 Å². The first kappa shape index (κ1) is 15.8. The van der Waals surface area contributed by atoms with E-state index < -0.39 is 0 Å². The normalized spacial score (nSPS) is 24.4. The van der Waals surface area contributed by atoms with Gasteiger partial charge in [0.1, 0.15) is 11.6 Å². The van der Waals surface area contributed by atoms with Crippen molar-refractivity contribution in [2.75, 3.05) is 29.5 Å². The molecule has 0 aromatic carbocycles. The molecule has 2 atom stereocenters. The predicted molar refractivity (Wildman–Crippen MR) is 96.6 cm³/mol. The summed E-state index contributed by atoms with van der Waals surface area (Å²) in [6, 6.07) is 2.49. The van der Waals surface area contributed by atoms with Crippen LogP contribution in [0.3, 0.4) is 0 Å². The standard InChI is InChI=1S/C18H27N5/c1-12-6-7-14(13(2)9-12)10-15-5-4-8-23(15)17-11-16(20-3)21-18(19)22-17/h6-7,11-12,15H,4-5,8-10H2,1-3H3,(H3,19,20,21,22). The summed E-state index contributed by atoms with van der Waals surface area (Å²) < 4.78 is 0. The highest BCUT2D eigenvalue weighted by Gasteiger charge is 2.27. The van der Waals surface area contributed by atoms with E-state index in [1.807, 2.05) is 13.1 Å². The molecule has 1 aromatic rings. The minimum atomic E-state index is 0.333. The number of nitrogens with zero attached hydrogens (tertiary/aromatic N) is 3. The van der Waals surface area contributed by atoms with Crippen molar-refractivity contribution in [2.45, 2.75) is 45.6 Å². The van der Waals surface area contributed by atoms with Gasteiger partial charge in [-0.05, 0) is 44.1 Å². The Morgan fingerprint density at radius 2 is 2.22 bits per heavy atom. The van der Waals surface area contributed by atoms with E-state index in [0.717, 1.165) is 24.6 Å². The molecule has 5 nitrogen and oxygen atoms in total. The minimum Gasteiger partial charge on any atom is -0.373 e. The van der Waals surface area contributed by atoms with E-state index in [0.29, 0.717) is 17.9 Å². The highest BCUT2D eigenvalue weighted by Crippen LogP contribution is 2.33. The van der Waals surface area contributed by atoms with Gasteiger partial charge in [0.25, 0.3) is 0 Å². The molecule has 1 saturated heterocycles. The number of hydrogen-bond acceptors (Lipinski definition) is 5. The van der Waals surface area contributed by atoms with Gasteiger partial charge >= 0.3 is 0 Å². The largest absolute Gasteiger partial charge is 0.373 e. The Bertz CT molecular complexity index is 634. The monoisotopic (exact) mass is 313 g/mol. The maximum Gasteiger partial charge on any atom is 0.223 e. The van der Waals surface area contributed by atoms with E-state index in [1.54, 1.807) is 0 Å². The molecule has 1 fully saturated rings. The van der Waals surface area contributed by atoms with Crippen LogP contribution in [-0.2, 0) is 0 Å². The van der Waals surface area contributed by atoms with Gasteiger partial charge in [-0.15, -0.1) is 0 Å². The summed E-state index contributed by atoms with van der Waals surface area (Å²) >= 11 is 0. The van der Waals surface area contributed by atoms with Crippen molar-refractivity contribution in [1.29, 1.82) is 0 Å². The number of aromatic nitrogens is 2. The summed E-state index contributed by atoms with van der Waals surface area (Å²) in [5.41, 5.74) is 8.89. The predicted octanol–water partition coefficient (Wildman–Crippen LogP) is 3.37. The Labute approximate surface area is 138 Å². The molecular formula is C18H27N5. The molecular weight excluding hydrogens is 286 g/mol. The number of nitrogens with two attached hydrogens (primary N) is 1. The van der Waals surface area contributed by atoms with Gasteiger partial charge in [-0.1, -0.05) is 24.6 Å². The van der Waals surface area contributed by atoms with E-state index in [9.17, 15) is 0 Å². The molecule has 3 rings (SSSR count). The molecule has 0 radical (unpaired) electrons. The first-order chi connectivity index (χ1) is 11.1. The molecule has 0 saturated carbocycles. The molecule has 2 heterocycles. The summed E-state index contributed by atoms with van der Waals surface area (Å²) in [7, 11) is 1.86. The fourth-order valence-electron chi connectivity index (χ4n) is 3.68. The molecule has 3 N–H and O–H groups in total. The molecule has 0 spiro atoms. The van der Waals surface area contributed by atoms with E-state index in [4.69, 9.17) is 5.73 Å².